The smallest absolute Gasteiger partial charge is 0 e. The standard InChI is InChI=1S/C55H90N4P2.2C7H7.Hf/c1-40(2)48-34-24-35-49(41(3)4)52(48)58-54(60(44-26-14-9-15-27-44)45-28-16-10-17-29-45)56-38-22-13-23-39-57-55(59-53-50(42(5)6)36-25-37-51(53)43(7)8)61(46-30-18-11-19-31-46)47-32-20-12-21-33-47;2*1-7-5-3-2-4-6-7;/h24-25,34-37,40-47,54-55H,9-23,26-33,38-39H2,1-8H3;2*2-6H,1H2;/q-4;2*-1;. The normalized spacial score (nSPS) is 18.0. The van der Waals surface area contributed by atoms with Crippen molar-refractivity contribution in [3.63, 3.8) is 0 Å². The Balaban J connectivity index is 0.000000614. The second-order valence-electron chi connectivity index (χ2n) is 24.0. The molecule has 0 bridgehead atoms. The molecule has 4 aromatic rings. The second kappa shape index (κ2) is 35.6. The van der Waals surface area contributed by atoms with E-state index in [1.165, 1.54) is 168 Å². The zero-order valence-electron chi connectivity index (χ0n) is 49.3. The summed E-state index contributed by atoms with van der Waals surface area (Å²) in [5.41, 5.74) is 13.8. The summed E-state index contributed by atoms with van der Waals surface area (Å²) in [4.78, 5) is 0. The summed E-state index contributed by atoms with van der Waals surface area (Å²) in [5, 5.41) is 23.4. The maximum absolute atomic E-state index is 5.93. The van der Waals surface area contributed by atoms with Crippen LogP contribution in [-0.2, 0) is 25.8 Å². The van der Waals surface area contributed by atoms with Gasteiger partial charge in [-0.2, -0.15) is 61.1 Å². The summed E-state index contributed by atoms with van der Waals surface area (Å²) < 4.78 is 0. The maximum atomic E-state index is 5.93. The Labute approximate surface area is 489 Å². The van der Waals surface area contributed by atoms with Crippen LogP contribution in [0.5, 0.6) is 0 Å². The predicted molar refractivity (Wildman–Crippen MR) is 336 cm³/mol. The summed E-state index contributed by atoms with van der Waals surface area (Å²) in [6.45, 7) is 28.2. The molecule has 4 fully saturated rings. The quantitative estimate of drug-likeness (QED) is 0.0326. The molecule has 0 amide bonds. The summed E-state index contributed by atoms with van der Waals surface area (Å²) in [7, 11) is -0.612. The maximum Gasteiger partial charge on any atom is 0 e. The van der Waals surface area contributed by atoms with E-state index < -0.39 is 0 Å². The van der Waals surface area contributed by atoms with Crippen LogP contribution in [-0.4, -0.2) is 47.5 Å². The molecular weight excluding hydrogens is 1130 g/mol. The van der Waals surface area contributed by atoms with Gasteiger partial charge in [-0.05, 0) is 97.7 Å². The van der Waals surface area contributed by atoms with E-state index in [2.05, 4.69) is 106 Å². The van der Waals surface area contributed by atoms with Gasteiger partial charge < -0.3 is 21.3 Å². The van der Waals surface area contributed by atoms with Crippen molar-refractivity contribution in [3.05, 3.63) is 166 Å². The molecular formula is C69H104HfN4P2-6. The molecule has 2 atom stereocenters. The molecule has 8 rings (SSSR count). The van der Waals surface area contributed by atoms with Crippen LogP contribution in [0.4, 0.5) is 11.4 Å². The summed E-state index contributed by atoms with van der Waals surface area (Å²) in [6.07, 6.45) is 31.7. The van der Waals surface area contributed by atoms with Gasteiger partial charge in [0.2, 0.25) is 0 Å². The minimum atomic E-state index is -0.306. The van der Waals surface area contributed by atoms with Crippen molar-refractivity contribution in [1.29, 1.82) is 0 Å². The van der Waals surface area contributed by atoms with Crippen molar-refractivity contribution in [3.8, 4) is 0 Å². The number of nitrogens with zero attached hydrogens (tertiary/aromatic N) is 4. The minimum Gasteiger partial charge on any atom is -0.695 e. The van der Waals surface area contributed by atoms with E-state index in [0.717, 1.165) is 59.7 Å². The number of para-hydroxylation sites is 2. The van der Waals surface area contributed by atoms with Crippen LogP contribution in [0.15, 0.2) is 97.1 Å². The fraction of sp³-hybridized carbons (Fsp3) is 0.623. The SMILES string of the molecule is CC(C)c1cccc(C(C)C)c1[N-]C([N-]CCCCC[N-]C([N-]c1c(C(C)C)cccc1C(C)C)P(C1CCCCC1)C1CCCCC1)P(C1CCCCC1)C1CCCCC1.[CH2-]c1ccccc1.[CH2-]c1ccccc1.[Hf]. The second-order valence-corrected chi connectivity index (χ2v) is 29.7. The fourth-order valence-electron chi connectivity index (χ4n) is 12.6. The molecule has 0 heterocycles. The third-order valence-electron chi connectivity index (χ3n) is 16.8. The average molecular weight is 1230 g/mol. The Morgan fingerprint density at radius 1 is 0.368 bits per heavy atom. The summed E-state index contributed by atoms with van der Waals surface area (Å²) in [5.74, 6) is 2.11. The van der Waals surface area contributed by atoms with E-state index in [1.54, 1.807) is 0 Å². The third-order valence-corrected chi connectivity index (χ3v) is 23.8. The van der Waals surface area contributed by atoms with Crippen molar-refractivity contribution in [2.24, 2.45) is 0 Å². The molecule has 4 nitrogen and oxygen atoms in total. The van der Waals surface area contributed by atoms with Gasteiger partial charge in [-0.25, -0.2) is 0 Å². The van der Waals surface area contributed by atoms with Gasteiger partial charge in [-0.1, -0.05) is 222 Å². The van der Waals surface area contributed by atoms with E-state index in [9.17, 15) is 0 Å². The van der Waals surface area contributed by atoms with E-state index in [1.807, 2.05) is 60.7 Å². The van der Waals surface area contributed by atoms with Crippen LogP contribution < -0.4 is 0 Å². The molecule has 7 heteroatoms. The molecule has 4 aliphatic rings. The summed E-state index contributed by atoms with van der Waals surface area (Å²) >= 11 is 0. The van der Waals surface area contributed by atoms with Crippen molar-refractivity contribution >= 4 is 27.2 Å². The van der Waals surface area contributed by atoms with Crippen LogP contribution in [0, 0.1) is 13.8 Å². The molecule has 420 valence electrons. The number of unbranched alkanes of at least 4 members (excludes halogenated alkanes) is 2. The van der Waals surface area contributed by atoms with Gasteiger partial charge in [0.25, 0.3) is 0 Å². The molecule has 2 unspecified atom stereocenters. The topological polar surface area (TPSA) is 56.4 Å². The Kier molecular flexibility index (Phi) is 30.3. The number of rotatable bonds is 22. The van der Waals surface area contributed by atoms with E-state index in [4.69, 9.17) is 21.3 Å². The van der Waals surface area contributed by atoms with Gasteiger partial charge in [-0.15, -0.1) is 64.6 Å². The van der Waals surface area contributed by atoms with Gasteiger partial charge in [0.15, 0.2) is 0 Å². The van der Waals surface area contributed by atoms with Crippen LogP contribution in [0.25, 0.3) is 21.3 Å². The Morgan fingerprint density at radius 2 is 0.632 bits per heavy atom. The molecule has 0 aromatic heterocycles. The van der Waals surface area contributed by atoms with E-state index in [0.29, 0.717) is 23.7 Å². The molecule has 0 saturated heterocycles. The monoisotopic (exact) mass is 1230 g/mol. The van der Waals surface area contributed by atoms with Crippen LogP contribution >= 0.6 is 15.8 Å². The number of hydrogen-bond acceptors (Lipinski definition) is 0. The zero-order chi connectivity index (χ0) is 53.4. The molecule has 0 radical (unpaired) electrons. The van der Waals surface area contributed by atoms with Crippen molar-refractivity contribution in [2.75, 3.05) is 13.1 Å². The van der Waals surface area contributed by atoms with Crippen molar-refractivity contribution in [1.82, 2.24) is 0 Å². The van der Waals surface area contributed by atoms with Crippen LogP contribution in [0.2, 0.25) is 0 Å². The molecule has 4 aliphatic carbocycles. The number of hydrogen-bond donors (Lipinski definition) is 0. The molecule has 0 aliphatic heterocycles. The Hall–Kier alpha value is -2.13. The first-order valence-corrected chi connectivity index (χ1v) is 33.8. The Bertz CT molecular complexity index is 1880. The third kappa shape index (κ3) is 20.8. The fourth-order valence-corrected chi connectivity index (χ4v) is 20.2. The predicted octanol–water partition coefficient (Wildman–Crippen LogP) is 23.4. The molecule has 76 heavy (non-hydrogen) atoms. The van der Waals surface area contributed by atoms with Crippen LogP contribution in [0.3, 0.4) is 0 Å². The molecule has 4 aromatic carbocycles. The van der Waals surface area contributed by atoms with Crippen molar-refractivity contribution < 1.29 is 25.8 Å². The van der Waals surface area contributed by atoms with Gasteiger partial charge in [0, 0.05) is 25.8 Å². The minimum absolute atomic E-state index is 0. The first-order chi connectivity index (χ1) is 36.4. The van der Waals surface area contributed by atoms with Gasteiger partial charge in [-0.3, -0.25) is 0 Å². The zero-order valence-corrected chi connectivity index (χ0v) is 54.7. The first kappa shape index (κ1) is 64.7. The van der Waals surface area contributed by atoms with E-state index >= 15 is 0 Å². The van der Waals surface area contributed by atoms with Crippen LogP contribution in [0.1, 0.15) is 260 Å². The molecule has 0 N–H and O–H groups in total. The Morgan fingerprint density at radius 3 is 0.855 bits per heavy atom. The summed E-state index contributed by atoms with van der Waals surface area (Å²) in [6, 6.07) is 33.8. The van der Waals surface area contributed by atoms with Gasteiger partial charge in [0.05, 0.1) is 0 Å². The van der Waals surface area contributed by atoms with Gasteiger partial charge in [0.1, 0.15) is 0 Å². The average Bonchev–Trinajstić information content (AvgIpc) is 3.42. The molecule has 4 saturated carbocycles. The van der Waals surface area contributed by atoms with Gasteiger partial charge >= 0.3 is 0 Å². The first-order valence-electron chi connectivity index (χ1n) is 30.7. The number of benzene rings is 4. The molecule has 0 spiro atoms. The largest absolute Gasteiger partial charge is 0.695 e. The van der Waals surface area contributed by atoms with E-state index in [-0.39, 0.29) is 53.5 Å². The van der Waals surface area contributed by atoms with Crippen molar-refractivity contribution in [2.45, 2.75) is 261 Å².